The Morgan fingerprint density at radius 3 is 2.84 bits per heavy atom. The van der Waals surface area contributed by atoms with Gasteiger partial charge in [-0.2, -0.15) is 0 Å². The molecule has 1 fully saturated rings. The van der Waals surface area contributed by atoms with Gasteiger partial charge in [0.05, 0.1) is 5.92 Å². The number of likely N-dealkylation sites (N-methyl/N-ethyl adjacent to an activating group) is 1. The van der Waals surface area contributed by atoms with E-state index in [0.29, 0.717) is 5.91 Å². The standard InChI is InChI=1S/C16H22N2O/c1-2-18(11-12-7-8-12)16(19)14-9-10-17-15-6-4-3-5-13(14)15/h3-6,12,14,17H,2,7-11H2,1H3. The summed E-state index contributed by atoms with van der Waals surface area (Å²) in [5.41, 5.74) is 2.31. The second-order valence-electron chi connectivity index (χ2n) is 5.68. The first-order valence-corrected chi connectivity index (χ1v) is 7.41. The van der Waals surface area contributed by atoms with Crippen LogP contribution in [0, 0.1) is 5.92 Å². The first-order valence-electron chi connectivity index (χ1n) is 7.41. The smallest absolute Gasteiger partial charge is 0.230 e. The van der Waals surface area contributed by atoms with Gasteiger partial charge in [-0.05, 0) is 43.7 Å². The van der Waals surface area contributed by atoms with Crippen LogP contribution in [0.1, 0.15) is 37.7 Å². The zero-order chi connectivity index (χ0) is 13.2. The van der Waals surface area contributed by atoms with Crippen LogP contribution in [0.15, 0.2) is 24.3 Å². The number of hydrogen-bond acceptors (Lipinski definition) is 2. The van der Waals surface area contributed by atoms with Gasteiger partial charge in [0.15, 0.2) is 0 Å². The number of hydrogen-bond donors (Lipinski definition) is 1. The maximum atomic E-state index is 12.8. The normalized spacial score (nSPS) is 21.4. The van der Waals surface area contributed by atoms with E-state index in [-0.39, 0.29) is 5.92 Å². The molecule has 1 aromatic rings. The van der Waals surface area contributed by atoms with Crippen molar-refractivity contribution < 1.29 is 4.79 Å². The Morgan fingerprint density at radius 1 is 1.32 bits per heavy atom. The van der Waals surface area contributed by atoms with Crippen LogP contribution in [-0.4, -0.2) is 30.4 Å². The number of fused-ring (bicyclic) bond motifs is 1. The third-order valence-corrected chi connectivity index (χ3v) is 4.25. The van der Waals surface area contributed by atoms with E-state index in [9.17, 15) is 4.79 Å². The highest BCUT2D eigenvalue weighted by atomic mass is 16.2. The molecular weight excluding hydrogens is 236 g/mol. The fourth-order valence-corrected chi connectivity index (χ4v) is 2.93. The molecule has 1 atom stereocenters. The minimum absolute atomic E-state index is 0.0520. The molecule has 1 aromatic carbocycles. The summed E-state index contributed by atoms with van der Waals surface area (Å²) in [5, 5.41) is 3.39. The quantitative estimate of drug-likeness (QED) is 0.900. The van der Waals surface area contributed by atoms with E-state index in [1.54, 1.807) is 0 Å². The Kier molecular flexibility index (Phi) is 3.45. The predicted molar refractivity (Wildman–Crippen MR) is 77.3 cm³/mol. The lowest BCUT2D eigenvalue weighted by Gasteiger charge is -2.31. The summed E-state index contributed by atoms with van der Waals surface area (Å²) >= 11 is 0. The molecule has 0 saturated heterocycles. The van der Waals surface area contributed by atoms with Crippen molar-refractivity contribution in [2.24, 2.45) is 5.92 Å². The number of nitrogens with one attached hydrogen (secondary N) is 1. The molecule has 1 saturated carbocycles. The van der Waals surface area contributed by atoms with E-state index < -0.39 is 0 Å². The highest BCUT2D eigenvalue weighted by Crippen LogP contribution is 2.34. The minimum atomic E-state index is 0.0520. The molecule has 0 bridgehead atoms. The summed E-state index contributed by atoms with van der Waals surface area (Å²) < 4.78 is 0. The number of carbonyl (C=O) groups is 1. The first-order chi connectivity index (χ1) is 9.29. The van der Waals surface area contributed by atoms with Crippen LogP contribution >= 0.6 is 0 Å². The summed E-state index contributed by atoms with van der Waals surface area (Å²) in [6.07, 6.45) is 3.51. The van der Waals surface area contributed by atoms with E-state index in [1.165, 1.54) is 18.4 Å². The fourth-order valence-electron chi connectivity index (χ4n) is 2.93. The molecule has 102 valence electrons. The second-order valence-corrected chi connectivity index (χ2v) is 5.68. The van der Waals surface area contributed by atoms with Gasteiger partial charge in [0.2, 0.25) is 5.91 Å². The summed E-state index contributed by atoms with van der Waals surface area (Å²) in [7, 11) is 0. The number of rotatable bonds is 4. The topological polar surface area (TPSA) is 32.3 Å². The van der Waals surface area contributed by atoms with Gasteiger partial charge >= 0.3 is 0 Å². The van der Waals surface area contributed by atoms with Crippen LogP contribution in [0.4, 0.5) is 5.69 Å². The number of nitrogens with zero attached hydrogens (tertiary/aromatic N) is 1. The van der Waals surface area contributed by atoms with Gasteiger partial charge in [-0.25, -0.2) is 0 Å². The van der Waals surface area contributed by atoms with Crippen molar-refractivity contribution in [2.45, 2.75) is 32.1 Å². The zero-order valence-corrected chi connectivity index (χ0v) is 11.6. The maximum Gasteiger partial charge on any atom is 0.230 e. The van der Waals surface area contributed by atoms with Crippen molar-refractivity contribution in [3.63, 3.8) is 0 Å². The third kappa shape index (κ3) is 2.60. The van der Waals surface area contributed by atoms with Gasteiger partial charge in [0, 0.05) is 25.3 Å². The van der Waals surface area contributed by atoms with E-state index in [4.69, 9.17) is 0 Å². The van der Waals surface area contributed by atoms with Crippen LogP contribution in [0.2, 0.25) is 0 Å². The summed E-state index contributed by atoms with van der Waals surface area (Å²) in [6, 6.07) is 8.23. The molecule has 1 amide bonds. The van der Waals surface area contributed by atoms with Crippen LogP contribution in [0.25, 0.3) is 0 Å². The second kappa shape index (κ2) is 5.24. The van der Waals surface area contributed by atoms with Crippen LogP contribution in [-0.2, 0) is 4.79 Å². The van der Waals surface area contributed by atoms with Crippen LogP contribution < -0.4 is 5.32 Å². The largest absolute Gasteiger partial charge is 0.385 e. The number of anilines is 1. The molecular formula is C16H22N2O. The number of benzene rings is 1. The molecule has 1 aliphatic heterocycles. The summed E-state index contributed by atoms with van der Waals surface area (Å²) in [6.45, 7) is 4.78. The molecule has 1 heterocycles. The lowest BCUT2D eigenvalue weighted by atomic mass is 9.89. The van der Waals surface area contributed by atoms with Crippen LogP contribution in [0.3, 0.4) is 0 Å². The van der Waals surface area contributed by atoms with Gasteiger partial charge in [0.25, 0.3) is 0 Å². The molecule has 0 radical (unpaired) electrons. The lowest BCUT2D eigenvalue weighted by Crippen LogP contribution is -2.38. The summed E-state index contributed by atoms with van der Waals surface area (Å²) in [5.74, 6) is 1.14. The number of carbonyl (C=O) groups excluding carboxylic acids is 1. The molecule has 3 nitrogen and oxygen atoms in total. The monoisotopic (exact) mass is 258 g/mol. The Bertz CT molecular complexity index is 468. The zero-order valence-electron chi connectivity index (χ0n) is 11.6. The van der Waals surface area contributed by atoms with Crippen molar-refractivity contribution in [3.05, 3.63) is 29.8 Å². The molecule has 3 rings (SSSR count). The SMILES string of the molecule is CCN(CC1CC1)C(=O)C1CCNc2ccccc21. The van der Waals surface area contributed by atoms with Crippen molar-refractivity contribution >= 4 is 11.6 Å². The first kappa shape index (κ1) is 12.5. The van der Waals surface area contributed by atoms with Gasteiger partial charge in [-0.3, -0.25) is 4.79 Å². The number of para-hydroxylation sites is 1. The van der Waals surface area contributed by atoms with E-state index >= 15 is 0 Å². The van der Waals surface area contributed by atoms with Crippen molar-refractivity contribution in [1.82, 2.24) is 4.90 Å². The summed E-state index contributed by atoms with van der Waals surface area (Å²) in [4.78, 5) is 14.8. The van der Waals surface area contributed by atoms with Crippen molar-refractivity contribution in [2.75, 3.05) is 25.0 Å². The fraction of sp³-hybridized carbons (Fsp3) is 0.562. The average Bonchev–Trinajstić information content (AvgIpc) is 3.27. The molecule has 2 aliphatic rings. The highest BCUT2D eigenvalue weighted by molar-refractivity contribution is 5.86. The minimum Gasteiger partial charge on any atom is -0.385 e. The lowest BCUT2D eigenvalue weighted by molar-refractivity contribution is -0.133. The van der Waals surface area contributed by atoms with Crippen molar-refractivity contribution in [3.8, 4) is 0 Å². The van der Waals surface area contributed by atoms with Crippen LogP contribution in [0.5, 0.6) is 0 Å². The molecule has 0 aromatic heterocycles. The van der Waals surface area contributed by atoms with E-state index in [1.807, 2.05) is 12.1 Å². The molecule has 3 heteroatoms. The molecule has 19 heavy (non-hydrogen) atoms. The van der Waals surface area contributed by atoms with E-state index in [2.05, 4.69) is 29.3 Å². The third-order valence-electron chi connectivity index (χ3n) is 4.25. The Hall–Kier alpha value is -1.51. The number of amides is 1. The molecule has 1 unspecified atom stereocenters. The van der Waals surface area contributed by atoms with Gasteiger partial charge in [-0.15, -0.1) is 0 Å². The van der Waals surface area contributed by atoms with Gasteiger partial charge < -0.3 is 10.2 Å². The van der Waals surface area contributed by atoms with Gasteiger partial charge in [0.1, 0.15) is 0 Å². The van der Waals surface area contributed by atoms with E-state index in [0.717, 1.165) is 37.7 Å². The van der Waals surface area contributed by atoms with Gasteiger partial charge in [-0.1, -0.05) is 18.2 Å². The molecule has 0 spiro atoms. The predicted octanol–water partition coefficient (Wildman–Crippen LogP) is 2.84. The molecule has 1 N–H and O–H groups in total. The van der Waals surface area contributed by atoms with Crippen molar-refractivity contribution in [1.29, 1.82) is 0 Å². The maximum absolute atomic E-state index is 12.8. The Morgan fingerprint density at radius 2 is 2.11 bits per heavy atom. The Balaban J connectivity index is 1.79. The molecule has 1 aliphatic carbocycles. The Labute approximate surface area is 115 Å². The highest BCUT2D eigenvalue weighted by Gasteiger charge is 2.32. The average molecular weight is 258 g/mol.